The molecule has 6 nitrogen and oxygen atoms in total. The summed E-state index contributed by atoms with van der Waals surface area (Å²) in [4.78, 5) is 24.4. The van der Waals surface area contributed by atoms with Crippen LogP contribution in [0.3, 0.4) is 0 Å². The largest absolute Gasteiger partial charge is 0.484 e. The van der Waals surface area contributed by atoms with Crippen LogP contribution in [0.4, 0.5) is 5.69 Å². The average molecular weight is 265 g/mol. The number of benzene rings is 1. The second kappa shape index (κ2) is 7.25. The molecule has 0 saturated carbocycles. The molecule has 6 heteroatoms. The quantitative estimate of drug-likeness (QED) is 0.722. The predicted octanol–water partition coefficient (Wildman–Crippen LogP) is 0.242. The van der Waals surface area contributed by atoms with Gasteiger partial charge in [-0.2, -0.15) is 0 Å². The van der Waals surface area contributed by atoms with Crippen molar-refractivity contribution in [2.75, 3.05) is 32.5 Å². The second-order valence-corrected chi connectivity index (χ2v) is 4.04. The Balaban J connectivity index is 2.28. The summed E-state index contributed by atoms with van der Waals surface area (Å²) in [6.45, 7) is 2.32. The zero-order valence-corrected chi connectivity index (χ0v) is 11.2. The van der Waals surface area contributed by atoms with Gasteiger partial charge in [0.25, 0.3) is 5.91 Å². The summed E-state index contributed by atoms with van der Waals surface area (Å²) in [5, 5.41) is 2.50. The summed E-state index contributed by atoms with van der Waals surface area (Å²) < 4.78 is 5.25. The van der Waals surface area contributed by atoms with Crippen molar-refractivity contribution in [1.82, 2.24) is 10.2 Å². The van der Waals surface area contributed by atoms with E-state index in [0.717, 1.165) is 0 Å². The number of nitrogen functional groups attached to an aromatic ring is 1. The average Bonchev–Trinajstić information content (AvgIpc) is 2.43. The molecular weight excluding hydrogens is 246 g/mol. The second-order valence-electron chi connectivity index (χ2n) is 4.04. The summed E-state index contributed by atoms with van der Waals surface area (Å²) in [5.74, 6) is 0.0827. The van der Waals surface area contributed by atoms with Crippen LogP contribution in [0.15, 0.2) is 24.3 Å². The lowest BCUT2D eigenvalue weighted by Crippen LogP contribution is -2.39. The van der Waals surface area contributed by atoms with Gasteiger partial charge in [-0.25, -0.2) is 0 Å². The van der Waals surface area contributed by atoms with E-state index in [4.69, 9.17) is 10.5 Å². The van der Waals surface area contributed by atoms with Crippen LogP contribution in [0.1, 0.15) is 6.92 Å². The topological polar surface area (TPSA) is 84.7 Å². The molecule has 0 atom stereocenters. The number of nitrogens with two attached hydrogens (primary N) is 1. The lowest BCUT2D eigenvalue weighted by Gasteiger charge is -2.14. The van der Waals surface area contributed by atoms with Crippen LogP contribution in [0.5, 0.6) is 5.75 Å². The van der Waals surface area contributed by atoms with Gasteiger partial charge < -0.3 is 20.7 Å². The highest BCUT2D eigenvalue weighted by atomic mass is 16.5. The van der Waals surface area contributed by atoms with Crippen molar-refractivity contribution in [2.24, 2.45) is 0 Å². The molecule has 0 spiro atoms. The summed E-state index contributed by atoms with van der Waals surface area (Å²) in [6, 6.07) is 6.73. The van der Waals surface area contributed by atoms with Crippen molar-refractivity contribution < 1.29 is 14.3 Å². The first kappa shape index (κ1) is 14.8. The van der Waals surface area contributed by atoms with Gasteiger partial charge in [-0.05, 0) is 31.2 Å². The molecule has 19 heavy (non-hydrogen) atoms. The third-order valence-electron chi connectivity index (χ3n) is 2.59. The number of anilines is 1. The van der Waals surface area contributed by atoms with Crippen molar-refractivity contribution in [3.05, 3.63) is 24.3 Å². The molecule has 0 unspecified atom stereocenters. The molecular formula is C13H19N3O3. The number of nitrogens with one attached hydrogen (secondary N) is 1. The van der Waals surface area contributed by atoms with Crippen molar-refractivity contribution >= 4 is 17.5 Å². The fourth-order valence-electron chi connectivity index (χ4n) is 1.25. The van der Waals surface area contributed by atoms with Crippen molar-refractivity contribution in [1.29, 1.82) is 0 Å². The molecule has 0 bridgehead atoms. The molecule has 104 valence electrons. The zero-order chi connectivity index (χ0) is 14.3. The van der Waals surface area contributed by atoms with Gasteiger partial charge in [-0.3, -0.25) is 9.59 Å². The highest BCUT2D eigenvalue weighted by Gasteiger charge is 2.09. The molecule has 2 amide bonds. The molecule has 0 aliphatic rings. The molecule has 1 aromatic carbocycles. The van der Waals surface area contributed by atoms with Crippen LogP contribution in [0.25, 0.3) is 0 Å². The van der Waals surface area contributed by atoms with E-state index < -0.39 is 0 Å². The van der Waals surface area contributed by atoms with Gasteiger partial charge in [0.2, 0.25) is 5.91 Å². The van der Waals surface area contributed by atoms with Crippen LogP contribution < -0.4 is 15.8 Å². The fourth-order valence-corrected chi connectivity index (χ4v) is 1.25. The van der Waals surface area contributed by atoms with E-state index in [1.165, 1.54) is 4.90 Å². The number of amides is 2. The molecule has 0 aliphatic heterocycles. The number of hydrogen-bond acceptors (Lipinski definition) is 4. The Kier molecular flexibility index (Phi) is 5.66. The number of likely N-dealkylation sites (N-methyl/N-ethyl adjacent to an activating group) is 1. The number of rotatable bonds is 6. The molecule has 0 aliphatic carbocycles. The third kappa shape index (κ3) is 5.29. The van der Waals surface area contributed by atoms with Crippen molar-refractivity contribution in [2.45, 2.75) is 6.92 Å². The van der Waals surface area contributed by atoms with E-state index in [-0.39, 0.29) is 25.0 Å². The Morgan fingerprint density at radius 3 is 2.53 bits per heavy atom. The smallest absolute Gasteiger partial charge is 0.258 e. The highest BCUT2D eigenvalue weighted by molar-refractivity contribution is 5.85. The van der Waals surface area contributed by atoms with Gasteiger partial charge in [0, 0.05) is 19.3 Å². The van der Waals surface area contributed by atoms with Gasteiger partial charge in [0.05, 0.1) is 6.54 Å². The summed E-state index contributed by atoms with van der Waals surface area (Å²) >= 11 is 0. The number of carbonyl (C=O) groups excluding carboxylic acids is 2. The number of ether oxygens (including phenoxy) is 1. The van der Waals surface area contributed by atoms with Crippen LogP contribution in [0, 0.1) is 0 Å². The standard InChI is InChI=1S/C13H19N3O3/c1-3-16(2)13(18)8-15-12(17)9-19-11-6-4-10(14)5-7-11/h4-7H,3,8-9,14H2,1-2H3,(H,15,17). The molecule has 0 radical (unpaired) electrons. The molecule has 0 aromatic heterocycles. The molecule has 1 rings (SSSR count). The van der Waals surface area contributed by atoms with Crippen molar-refractivity contribution in [3.63, 3.8) is 0 Å². The van der Waals surface area contributed by atoms with Gasteiger partial charge >= 0.3 is 0 Å². The maximum Gasteiger partial charge on any atom is 0.258 e. The minimum atomic E-state index is -0.338. The van der Waals surface area contributed by atoms with E-state index in [0.29, 0.717) is 18.0 Å². The maximum absolute atomic E-state index is 11.5. The van der Waals surface area contributed by atoms with E-state index in [1.54, 1.807) is 31.3 Å². The van der Waals surface area contributed by atoms with Crippen LogP contribution >= 0.6 is 0 Å². The Hall–Kier alpha value is -2.24. The lowest BCUT2D eigenvalue weighted by atomic mass is 10.3. The van der Waals surface area contributed by atoms with E-state index in [2.05, 4.69) is 5.32 Å². The lowest BCUT2D eigenvalue weighted by molar-refractivity contribution is -0.132. The van der Waals surface area contributed by atoms with E-state index in [9.17, 15) is 9.59 Å². The number of carbonyl (C=O) groups is 2. The third-order valence-corrected chi connectivity index (χ3v) is 2.59. The monoisotopic (exact) mass is 265 g/mol. The molecule has 0 fully saturated rings. The zero-order valence-electron chi connectivity index (χ0n) is 11.2. The molecule has 1 aromatic rings. The predicted molar refractivity (Wildman–Crippen MR) is 72.7 cm³/mol. The first-order valence-corrected chi connectivity index (χ1v) is 6.02. The maximum atomic E-state index is 11.5. The van der Waals surface area contributed by atoms with Gasteiger partial charge in [-0.15, -0.1) is 0 Å². The van der Waals surface area contributed by atoms with Crippen LogP contribution in [-0.2, 0) is 9.59 Å². The number of nitrogens with zero attached hydrogens (tertiary/aromatic N) is 1. The minimum absolute atomic E-state index is 0.0196. The SMILES string of the molecule is CCN(C)C(=O)CNC(=O)COc1ccc(N)cc1. The minimum Gasteiger partial charge on any atom is -0.484 e. The van der Waals surface area contributed by atoms with Crippen LogP contribution in [0.2, 0.25) is 0 Å². The Morgan fingerprint density at radius 2 is 1.95 bits per heavy atom. The first-order chi connectivity index (χ1) is 9.02. The Bertz CT molecular complexity index is 431. The Labute approximate surface area is 112 Å². The molecule has 3 N–H and O–H groups in total. The molecule has 0 heterocycles. The van der Waals surface area contributed by atoms with Gasteiger partial charge in [0.15, 0.2) is 6.61 Å². The Morgan fingerprint density at radius 1 is 1.32 bits per heavy atom. The summed E-state index contributed by atoms with van der Waals surface area (Å²) in [7, 11) is 1.68. The summed E-state index contributed by atoms with van der Waals surface area (Å²) in [6.07, 6.45) is 0. The van der Waals surface area contributed by atoms with Crippen molar-refractivity contribution in [3.8, 4) is 5.75 Å². The van der Waals surface area contributed by atoms with Gasteiger partial charge in [0.1, 0.15) is 5.75 Å². The summed E-state index contributed by atoms with van der Waals surface area (Å²) in [5.41, 5.74) is 6.16. The van der Waals surface area contributed by atoms with Gasteiger partial charge in [-0.1, -0.05) is 0 Å². The number of hydrogen-bond donors (Lipinski definition) is 2. The van der Waals surface area contributed by atoms with E-state index in [1.807, 2.05) is 6.92 Å². The first-order valence-electron chi connectivity index (χ1n) is 6.02. The normalized spacial score (nSPS) is 9.79. The molecule has 0 saturated heterocycles. The van der Waals surface area contributed by atoms with E-state index >= 15 is 0 Å². The van der Waals surface area contributed by atoms with Crippen LogP contribution in [-0.4, -0.2) is 43.5 Å². The highest BCUT2D eigenvalue weighted by Crippen LogP contribution is 2.12. The fraction of sp³-hybridized carbons (Fsp3) is 0.385.